The number of nitrogens with one attached hydrogen (secondary N) is 1. The zero-order valence-electron chi connectivity index (χ0n) is 17.9. The number of carbonyl (C=O) groups is 2. The molecule has 0 saturated carbocycles. The zero-order valence-corrected chi connectivity index (χ0v) is 20.2. The first-order valence-corrected chi connectivity index (χ1v) is 11.9. The summed E-state index contributed by atoms with van der Waals surface area (Å²) in [4.78, 5) is 24.0. The number of nitrogens with zero attached hydrogens (tertiary/aromatic N) is 1. The third kappa shape index (κ3) is 6.83. The Balaban J connectivity index is 1.94. The van der Waals surface area contributed by atoms with Gasteiger partial charge in [-0.05, 0) is 48.9 Å². The van der Waals surface area contributed by atoms with Crippen LogP contribution in [0, 0.1) is 6.92 Å². The number of esters is 1. The molecule has 0 aliphatic heterocycles. The van der Waals surface area contributed by atoms with E-state index in [0.29, 0.717) is 23.9 Å². The molecule has 0 aliphatic rings. The van der Waals surface area contributed by atoms with E-state index in [1.165, 1.54) is 22.5 Å². The summed E-state index contributed by atoms with van der Waals surface area (Å²) in [5.41, 5.74) is 0.882. The number of hydrogen-bond acceptors (Lipinski definition) is 6. The van der Waals surface area contributed by atoms with Crippen molar-refractivity contribution in [2.24, 2.45) is 0 Å². The molecule has 0 aliphatic carbocycles. The summed E-state index contributed by atoms with van der Waals surface area (Å²) in [5, 5.41) is 3.17. The summed E-state index contributed by atoms with van der Waals surface area (Å²) in [6.07, 6.45) is 0. The maximum absolute atomic E-state index is 12.7. The van der Waals surface area contributed by atoms with Gasteiger partial charge in [-0.1, -0.05) is 37.0 Å². The van der Waals surface area contributed by atoms with Gasteiger partial charge < -0.3 is 14.8 Å². The Morgan fingerprint density at radius 2 is 1.66 bits per heavy atom. The van der Waals surface area contributed by atoms with E-state index < -0.39 is 35.1 Å². The average Bonchev–Trinajstić information content (AvgIpc) is 2.75. The van der Waals surface area contributed by atoms with Crippen LogP contribution >= 0.6 is 23.2 Å². The van der Waals surface area contributed by atoms with E-state index in [2.05, 4.69) is 5.32 Å². The average molecular weight is 503 g/mol. The number of halogens is 2. The first-order chi connectivity index (χ1) is 15.1. The maximum atomic E-state index is 12.7. The van der Waals surface area contributed by atoms with E-state index in [4.69, 9.17) is 32.7 Å². The lowest BCUT2D eigenvalue weighted by molar-refractivity contribution is -0.149. The van der Waals surface area contributed by atoms with Crippen LogP contribution in [-0.2, 0) is 24.3 Å². The van der Waals surface area contributed by atoms with Crippen LogP contribution < -0.4 is 10.1 Å². The minimum Gasteiger partial charge on any atom is -0.482 e. The predicted molar refractivity (Wildman–Crippen MR) is 123 cm³/mol. The highest BCUT2D eigenvalue weighted by Gasteiger charge is 2.23. The molecular formula is C21H24Cl2N2O6S. The number of rotatable bonds is 10. The predicted octanol–water partition coefficient (Wildman–Crippen LogP) is 3.89. The monoisotopic (exact) mass is 502 g/mol. The SMILES string of the molecule is CCN(CC)S(=O)(=O)c1ccc(Cl)c(NC(=O)COC(=O)COc2ccc(Cl)c(C)c2)c1. The van der Waals surface area contributed by atoms with Crippen LogP contribution in [0.3, 0.4) is 0 Å². The molecule has 0 aromatic heterocycles. The Labute approximate surface area is 197 Å². The van der Waals surface area contributed by atoms with Crippen molar-refractivity contribution in [3.63, 3.8) is 0 Å². The topological polar surface area (TPSA) is 102 Å². The number of hydrogen-bond donors (Lipinski definition) is 1. The van der Waals surface area contributed by atoms with Gasteiger partial charge in [0.25, 0.3) is 5.91 Å². The summed E-state index contributed by atoms with van der Waals surface area (Å²) in [6.45, 7) is 4.87. The van der Waals surface area contributed by atoms with Gasteiger partial charge in [0.2, 0.25) is 10.0 Å². The molecule has 11 heteroatoms. The second kappa shape index (κ2) is 11.5. The third-order valence-electron chi connectivity index (χ3n) is 4.41. The lowest BCUT2D eigenvalue weighted by Crippen LogP contribution is -2.30. The van der Waals surface area contributed by atoms with Crippen LogP contribution in [-0.4, -0.2) is 50.9 Å². The van der Waals surface area contributed by atoms with Crippen LogP contribution in [0.2, 0.25) is 10.0 Å². The van der Waals surface area contributed by atoms with Gasteiger partial charge in [0.05, 0.1) is 15.6 Å². The molecule has 0 spiro atoms. The fourth-order valence-corrected chi connectivity index (χ4v) is 4.46. The van der Waals surface area contributed by atoms with Gasteiger partial charge in [0.15, 0.2) is 13.2 Å². The second-order valence-electron chi connectivity index (χ2n) is 6.64. The highest BCUT2D eigenvalue weighted by Crippen LogP contribution is 2.27. The fraction of sp³-hybridized carbons (Fsp3) is 0.333. The zero-order chi connectivity index (χ0) is 23.9. The normalized spacial score (nSPS) is 11.3. The van der Waals surface area contributed by atoms with E-state index >= 15 is 0 Å². The van der Waals surface area contributed by atoms with Crippen molar-refractivity contribution in [2.45, 2.75) is 25.7 Å². The highest BCUT2D eigenvalue weighted by molar-refractivity contribution is 7.89. The minimum absolute atomic E-state index is 0.00967. The largest absolute Gasteiger partial charge is 0.482 e. The highest BCUT2D eigenvalue weighted by atomic mass is 35.5. The van der Waals surface area contributed by atoms with E-state index in [1.54, 1.807) is 39.0 Å². The van der Waals surface area contributed by atoms with Crippen LogP contribution in [0.4, 0.5) is 5.69 Å². The fourth-order valence-electron chi connectivity index (χ4n) is 2.70. The van der Waals surface area contributed by atoms with Crippen LogP contribution in [0.1, 0.15) is 19.4 Å². The summed E-state index contributed by atoms with van der Waals surface area (Å²) < 4.78 is 36.8. The molecule has 0 saturated heterocycles. The van der Waals surface area contributed by atoms with Gasteiger partial charge >= 0.3 is 5.97 Å². The molecule has 0 radical (unpaired) electrons. The minimum atomic E-state index is -3.73. The number of ether oxygens (including phenoxy) is 2. The summed E-state index contributed by atoms with van der Waals surface area (Å²) in [6, 6.07) is 8.92. The van der Waals surface area contributed by atoms with Gasteiger partial charge in [-0.2, -0.15) is 4.31 Å². The lowest BCUT2D eigenvalue weighted by Gasteiger charge is -2.19. The molecule has 174 valence electrons. The van der Waals surface area contributed by atoms with Crippen molar-refractivity contribution >= 4 is 50.8 Å². The lowest BCUT2D eigenvalue weighted by atomic mass is 10.2. The molecule has 1 amide bonds. The first kappa shape index (κ1) is 25.9. The Morgan fingerprint density at radius 3 is 2.28 bits per heavy atom. The summed E-state index contributed by atoms with van der Waals surface area (Å²) in [5.74, 6) is -0.997. The Hall–Kier alpha value is -2.33. The molecule has 0 bridgehead atoms. The molecule has 2 rings (SSSR count). The van der Waals surface area contributed by atoms with Gasteiger partial charge in [-0.3, -0.25) is 4.79 Å². The van der Waals surface area contributed by atoms with Crippen molar-refractivity contribution in [3.05, 3.63) is 52.0 Å². The third-order valence-corrected chi connectivity index (χ3v) is 7.21. The molecule has 2 aromatic carbocycles. The maximum Gasteiger partial charge on any atom is 0.344 e. The van der Waals surface area contributed by atoms with E-state index in [1.807, 2.05) is 0 Å². The Morgan fingerprint density at radius 1 is 1.00 bits per heavy atom. The molecule has 8 nitrogen and oxygen atoms in total. The van der Waals surface area contributed by atoms with Gasteiger partial charge in [-0.15, -0.1) is 0 Å². The van der Waals surface area contributed by atoms with Crippen molar-refractivity contribution < 1.29 is 27.5 Å². The molecule has 0 atom stereocenters. The van der Waals surface area contributed by atoms with Crippen LogP contribution in [0.5, 0.6) is 5.75 Å². The van der Waals surface area contributed by atoms with Crippen molar-refractivity contribution in [1.82, 2.24) is 4.31 Å². The number of aryl methyl sites for hydroxylation is 1. The second-order valence-corrected chi connectivity index (χ2v) is 9.39. The molecule has 32 heavy (non-hydrogen) atoms. The standard InChI is InChI=1S/C21H24Cl2N2O6S/c1-4-25(5-2)32(28,29)16-7-9-18(23)19(11-16)24-20(26)12-31-21(27)13-30-15-6-8-17(22)14(3)10-15/h6-11H,4-5,12-13H2,1-3H3,(H,24,26). The van der Waals surface area contributed by atoms with Gasteiger partial charge in [0, 0.05) is 18.1 Å². The number of benzene rings is 2. The van der Waals surface area contributed by atoms with E-state index in [0.717, 1.165) is 5.56 Å². The molecular weight excluding hydrogens is 479 g/mol. The van der Waals surface area contributed by atoms with Gasteiger partial charge in [-0.25, -0.2) is 13.2 Å². The first-order valence-electron chi connectivity index (χ1n) is 9.72. The Kier molecular flexibility index (Phi) is 9.33. The van der Waals surface area contributed by atoms with Gasteiger partial charge in [0.1, 0.15) is 5.75 Å². The molecule has 0 fully saturated rings. The summed E-state index contributed by atoms with van der Waals surface area (Å²) in [7, 11) is -3.73. The molecule has 0 unspecified atom stereocenters. The Bertz CT molecular complexity index is 1090. The van der Waals surface area contributed by atoms with E-state index in [9.17, 15) is 18.0 Å². The van der Waals surface area contributed by atoms with Crippen molar-refractivity contribution in [1.29, 1.82) is 0 Å². The van der Waals surface area contributed by atoms with Crippen LogP contribution in [0.15, 0.2) is 41.3 Å². The number of sulfonamides is 1. The summed E-state index contributed by atoms with van der Waals surface area (Å²) >= 11 is 12.0. The van der Waals surface area contributed by atoms with Crippen molar-refractivity contribution in [3.8, 4) is 5.75 Å². The number of anilines is 1. The van der Waals surface area contributed by atoms with Crippen LogP contribution in [0.25, 0.3) is 0 Å². The number of amides is 1. The number of carbonyl (C=O) groups excluding carboxylic acids is 2. The molecule has 1 N–H and O–H groups in total. The molecule has 0 heterocycles. The quantitative estimate of drug-likeness (QED) is 0.494. The smallest absolute Gasteiger partial charge is 0.344 e. The molecule has 2 aromatic rings. The van der Waals surface area contributed by atoms with Crippen molar-refractivity contribution in [2.75, 3.05) is 31.6 Å². The van der Waals surface area contributed by atoms with E-state index in [-0.39, 0.29) is 15.6 Å².